The van der Waals surface area contributed by atoms with Gasteiger partial charge in [-0.2, -0.15) is 0 Å². The van der Waals surface area contributed by atoms with Gasteiger partial charge >= 0.3 is 0 Å². The number of ether oxygens (including phenoxy) is 6. The largest absolute Gasteiger partial charge is 0.394 e. The molecule has 0 radical (unpaired) electrons. The molecule has 0 aromatic rings. The average Bonchev–Trinajstić information content (AvgIpc) is 2.93. The van der Waals surface area contributed by atoms with E-state index in [0.29, 0.717) is 97.4 Å². The summed E-state index contributed by atoms with van der Waals surface area (Å²) in [6, 6.07) is 0. The van der Waals surface area contributed by atoms with E-state index in [2.05, 4.69) is 16.1 Å². The van der Waals surface area contributed by atoms with Crippen LogP contribution in [-0.4, -0.2) is 120 Å². The van der Waals surface area contributed by atoms with Gasteiger partial charge in [0.1, 0.15) is 0 Å². The number of carbonyl (C=O) groups excluding carboxylic acids is 1. The highest BCUT2D eigenvalue weighted by molar-refractivity contribution is 5.75. The third kappa shape index (κ3) is 20.9. The zero-order valence-corrected chi connectivity index (χ0v) is 23.2. The van der Waals surface area contributed by atoms with Gasteiger partial charge in [0.2, 0.25) is 5.91 Å². The minimum absolute atomic E-state index is 0.0452. The summed E-state index contributed by atoms with van der Waals surface area (Å²) in [5.41, 5.74) is 8.66. The minimum Gasteiger partial charge on any atom is -0.394 e. The average molecular weight is 566 g/mol. The lowest BCUT2D eigenvalue weighted by molar-refractivity contribution is -0.220. The van der Waals surface area contributed by atoms with Crippen molar-refractivity contribution in [3.8, 4) is 0 Å². The van der Waals surface area contributed by atoms with Crippen molar-refractivity contribution in [1.29, 1.82) is 0 Å². The van der Waals surface area contributed by atoms with Crippen molar-refractivity contribution in [1.82, 2.24) is 16.1 Å². The monoisotopic (exact) mass is 565 g/mol. The summed E-state index contributed by atoms with van der Waals surface area (Å²) in [4.78, 5) is 11.6. The Hall–Kier alpha value is -1.59. The van der Waals surface area contributed by atoms with Gasteiger partial charge < -0.3 is 60.4 Å². The maximum Gasteiger partial charge on any atom is 0.220 e. The van der Waals surface area contributed by atoms with Crippen LogP contribution in [0.2, 0.25) is 0 Å². The number of amides is 1. The minimum atomic E-state index is -0.533. The van der Waals surface area contributed by atoms with Gasteiger partial charge in [-0.05, 0) is 19.4 Å². The van der Waals surface area contributed by atoms with Crippen molar-refractivity contribution in [2.45, 2.75) is 57.0 Å². The summed E-state index contributed by atoms with van der Waals surface area (Å²) in [5.74, 6) is 5.56. The van der Waals surface area contributed by atoms with Crippen LogP contribution in [0.1, 0.15) is 38.5 Å². The van der Waals surface area contributed by atoms with E-state index >= 15 is 0 Å². The smallest absolute Gasteiger partial charge is 0.220 e. The highest BCUT2D eigenvalue weighted by Crippen LogP contribution is 2.20. The Bertz CT molecular complexity index is 618. The predicted molar refractivity (Wildman–Crippen MR) is 144 cm³/mol. The number of hydrogen-bond donors (Lipinski definition) is 7. The van der Waals surface area contributed by atoms with E-state index in [4.69, 9.17) is 40.0 Å². The van der Waals surface area contributed by atoms with Crippen LogP contribution in [0.3, 0.4) is 0 Å². The van der Waals surface area contributed by atoms with Crippen LogP contribution in [0.4, 0.5) is 0 Å². The van der Waals surface area contributed by atoms with Gasteiger partial charge in [0.25, 0.3) is 0 Å². The molecule has 14 heteroatoms. The molecular weight excluding hydrogens is 514 g/mol. The molecule has 0 aromatic carbocycles. The molecule has 1 saturated heterocycles. The number of nitrogens with two attached hydrogens (primary N) is 2. The summed E-state index contributed by atoms with van der Waals surface area (Å²) in [6.45, 7) is 5.27. The molecule has 1 heterocycles. The molecule has 0 saturated carbocycles. The van der Waals surface area contributed by atoms with Crippen molar-refractivity contribution >= 4 is 5.91 Å². The second-order valence-corrected chi connectivity index (χ2v) is 8.97. The normalized spacial score (nSPS) is 19.7. The van der Waals surface area contributed by atoms with Gasteiger partial charge in [-0.1, -0.05) is 6.42 Å². The zero-order chi connectivity index (χ0) is 28.4. The predicted octanol–water partition coefficient (Wildman–Crippen LogP) is -1.54. The molecule has 1 amide bonds. The number of unbranched alkanes of at least 4 members (excludes halogenated alkanes) is 2. The standard InChI is InChI=1S/C25H51N5O9/c26-5-3-1-2-4-24(33)29-7-8-34-10-11-35-12-13-36-14-15-37-20-21(30-27)18-28-6-9-38-25-17-22(32)16-23(19-31)39-25/h18,22-23,25,28,30-32H,1-17,19-20,26-27H2,(H,29,33)/b21-18-. The van der Waals surface area contributed by atoms with Gasteiger partial charge in [-0.3, -0.25) is 10.6 Å². The molecule has 1 fully saturated rings. The molecule has 3 unspecified atom stereocenters. The second kappa shape index (κ2) is 25.4. The molecule has 1 rings (SSSR count). The molecule has 3 atom stereocenters. The Kier molecular flexibility index (Phi) is 23.1. The Morgan fingerprint density at radius 3 is 2.28 bits per heavy atom. The first kappa shape index (κ1) is 35.4. The molecule has 1 aliphatic heterocycles. The highest BCUT2D eigenvalue weighted by Gasteiger charge is 2.28. The van der Waals surface area contributed by atoms with Gasteiger partial charge in [0, 0.05) is 38.6 Å². The van der Waals surface area contributed by atoms with E-state index in [9.17, 15) is 15.0 Å². The topological polar surface area (TPSA) is 201 Å². The highest BCUT2D eigenvalue weighted by atomic mass is 16.7. The fourth-order valence-corrected chi connectivity index (χ4v) is 3.54. The lowest BCUT2D eigenvalue weighted by atomic mass is 10.1. The van der Waals surface area contributed by atoms with Crippen LogP contribution in [0, 0.1) is 0 Å². The van der Waals surface area contributed by atoms with E-state index in [1.807, 2.05) is 0 Å². The molecule has 0 spiro atoms. The van der Waals surface area contributed by atoms with E-state index < -0.39 is 18.5 Å². The molecule has 9 N–H and O–H groups in total. The molecule has 0 aliphatic carbocycles. The summed E-state index contributed by atoms with van der Waals surface area (Å²) in [6.07, 6.45) is 4.37. The van der Waals surface area contributed by atoms with Crippen LogP contribution in [0.15, 0.2) is 11.9 Å². The SMILES string of the molecule is NCCCCCC(=O)NCCOCCOCCOCCOC/C(=C/NCCOC1CC(O)CC(CO)O1)NN. The number of carbonyl (C=O) groups is 1. The molecule has 230 valence electrons. The molecule has 14 nitrogen and oxygen atoms in total. The van der Waals surface area contributed by atoms with E-state index in [-0.39, 0.29) is 19.1 Å². The first-order valence-corrected chi connectivity index (χ1v) is 13.8. The number of aliphatic hydroxyl groups excluding tert-OH is 2. The first-order valence-electron chi connectivity index (χ1n) is 13.8. The summed E-state index contributed by atoms with van der Waals surface area (Å²) >= 11 is 0. The molecule has 39 heavy (non-hydrogen) atoms. The number of aliphatic hydroxyl groups is 2. The second-order valence-electron chi connectivity index (χ2n) is 8.97. The Balaban J connectivity index is 1.87. The fourth-order valence-electron chi connectivity index (χ4n) is 3.54. The third-order valence-corrected chi connectivity index (χ3v) is 5.61. The van der Waals surface area contributed by atoms with Gasteiger partial charge in [-0.25, -0.2) is 0 Å². The van der Waals surface area contributed by atoms with Crippen LogP contribution in [0.25, 0.3) is 0 Å². The zero-order valence-electron chi connectivity index (χ0n) is 23.2. The molecule has 0 bridgehead atoms. The number of hydrazine groups is 1. The molecule has 0 aromatic heterocycles. The van der Waals surface area contributed by atoms with E-state index in [1.54, 1.807) is 6.20 Å². The van der Waals surface area contributed by atoms with Crippen LogP contribution >= 0.6 is 0 Å². The Labute approximate surface area is 232 Å². The molecular formula is C25H51N5O9. The first-order chi connectivity index (χ1) is 19.1. The Morgan fingerprint density at radius 1 is 0.923 bits per heavy atom. The maximum atomic E-state index is 11.6. The van der Waals surface area contributed by atoms with Crippen molar-refractivity contribution in [3.05, 3.63) is 11.9 Å². The lowest BCUT2D eigenvalue weighted by Gasteiger charge is -2.32. The summed E-state index contributed by atoms with van der Waals surface area (Å²) in [5, 5.41) is 24.9. The van der Waals surface area contributed by atoms with Crippen molar-refractivity contribution in [2.75, 3.05) is 85.7 Å². The van der Waals surface area contributed by atoms with Crippen molar-refractivity contribution in [3.63, 3.8) is 0 Å². The van der Waals surface area contributed by atoms with Crippen LogP contribution in [0.5, 0.6) is 0 Å². The summed E-state index contributed by atoms with van der Waals surface area (Å²) < 4.78 is 33.0. The van der Waals surface area contributed by atoms with Crippen molar-refractivity contribution < 1.29 is 43.4 Å². The summed E-state index contributed by atoms with van der Waals surface area (Å²) in [7, 11) is 0. The Morgan fingerprint density at radius 2 is 1.62 bits per heavy atom. The van der Waals surface area contributed by atoms with Crippen LogP contribution < -0.4 is 27.6 Å². The maximum absolute atomic E-state index is 11.6. The van der Waals surface area contributed by atoms with Crippen molar-refractivity contribution in [2.24, 2.45) is 11.6 Å². The van der Waals surface area contributed by atoms with E-state index in [1.165, 1.54) is 0 Å². The lowest BCUT2D eigenvalue weighted by Crippen LogP contribution is -2.39. The fraction of sp³-hybridized carbons (Fsp3) is 0.880. The number of hydrogen-bond acceptors (Lipinski definition) is 13. The van der Waals surface area contributed by atoms with Gasteiger partial charge in [-0.15, -0.1) is 0 Å². The van der Waals surface area contributed by atoms with Gasteiger partial charge in [0.15, 0.2) is 6.29 Å². The number of rotatable bonds is 26. The number of nitrogens with one attached hydrogen (secondary N) is 3. The van der Waals surface area contributed by atoms with Gasteiger partial charge in [0.05, 0.1) is 84.0 Å². The van der Waals surface area contributed by atoms with Crippen LogP contribution in [-0.2, 0) is 33.2 Å². The molecule has 1 aliphatic rings. The third-order valence-electron chi connectivity index (χ3n) is 5.61. The van der Waals surface area contributed by atoms with E-state index in [0.717, 1.165) is 19.3 Å². The quantitative estimate of drug-likeness (QED) is 0.0362.